The first-order valence-electron chi connectivity index (χ1n) is 10.7. The van der Waals surface area contributed by atoms with Gasteiger partial charge in [-0.25, -0.2) is 4.98 Å². The van der Waals surface area contributed by atoms with E-state index in [9.17, 15) is 5.11 Å². The second-order valence-electron chi connectivity index (χ2n) is 8.13. The summed E-state index contributed by atoms with van der Waals surface area (Å²) < 4.78 is 11.9. The summed E-state index contributed by atoms with van der Waals surface area (Å²) in [6, 6.07) is 5.73. The van der Waals surface area contributed by atoms with Crippen molar-refractivity contribution in [1.29, 1.82) is 0 Å². The van der Waals surface area contributed by atoms with E-state index >= 15 is 0 Å². The second kappa shape index (κ2) is 8.66. The number of aromatic hydroxyl groups is 1. The summed E-state index contributed by atoms with van der Waals surface area (Å²) in [5.74, 6) is 2.08. The standard InChI is InChI=1S/C22H27NO3.CH4O/c24-16-7-8-18-19(13-16)22(26-17-5-2-6-17)23-21(15-9-11-25-12-10-15)20(18)14-3-1-4-14;1-2/h7-8,13-15,17,24H,1-6,9-12H2;2H,1H3. The average Bonchev–Trinajstić information content (AvgIpc) is 2.66. The number of ether oxygens (including phenoxy) is 2. The van der Waals surface area contributed by atoms with E-state index in [1.54, 1.807) is 0 Å². The Morgan fingerprint density at radius 2 is 1.64 bits per heavy atom. The van der Waals surface area contributed by atoms with Crippen molar-refractivity contribution in [2.45, 2.75) is 69.3 Å². The highest BCUT2D eigenvalue weighted by atomic mass is 16.5. The van der Waals surface area contributed by atoms with Crippen molar-refractivity contribution in [2.24, 2.45) is 0 Å². The molecule has 2 aliphatic carbocycles. The lowest BCUT2D eigenvalue weighted by atomic mass is 9.75. The van der Waals surface area contributed by atoms with Crippen molar-refractivity contribution in [3.63, 3.8) is 0 Å². The Hall–Kier alpha value is -1.85. The van der Waals surface area contributed by atoms with Crippen LogP contribution in [-0.4, -0.2) is 41.6 Å². The number of benzene rings is 1. The minimum Gasteiger partial charge on any atom is -0.508 e. The SMILES string of the molecule is CO.Oc1ccc2c(C3CCC3)c(C3CCOCC3)nc(OC3CCC3)c2c1. The van der Waals surface area contributed by atoms with E-state index in [1.165, 1.54) is 42.3 Å². The van der Waals surface area contributed by atoms with Crippen LogP contribution < -0.4 is 4.74 Å². The Bertz CT molecular complexity index is 808. The molecule has 5 heteroatoms. The zero-order valence-corrected chi connectivity index (χ0v) is 16.7. The molecule has 0 unspecified atom stereocenters. The molecule has 1 aromatic heterocycles. The molecule has 5 nitrogen and oxygen atoms in total. The third-order valence-electron chi connectivity index (χ3n) is 6.47. The highest BCUT2D eigenvalue weighted by molar-refractivity contribution is 5.92. The van der Waals surface area contributed by atoms with Crippen LogP contribution in [0.4, 0.5) is 0 Å². The van der Waals surface area contributed by atoms with Gasteiger partial charge in [0.2, 0.25) is 5.88 Å². The third kappa shape index (κ3) is 3.70. The van der Waals surface area contributed by atoms with Gasteiger partial charge in [-0.05, 0) is 73.9 Å². The van der Waals surface area contributed by atoms with Crippen molar-refractivity contribution < 1.29 is 19.7 Å². The number of aromatic nitrogens is 1. The lowest BCUT2D eigenvalue weighted by Crippen LogP contribution is -2.26. The number of aliphatic hydroxyl groups is 1. The summed E-state index contributed by atoms with van der Waals surface area (Å²) >= 11 is 0. The summed E-state index contributed by atoms with van der Waals surface area (Å²) in [6.45, 7) is 1.64. The van der Waals surface area contributed by atoms with E-state index in [1.807, 2.05) is 12.1 Å². The van der Waals surface area contributed by atoms with Gasteiger partial charge in [-0.2, -0.15) is 0 Å². The van der Waals surface area contributed by atoms with E-state index in [-0.39, 0.29) is 11.9 Å². The molecule has 0 radical (unpaired) electrons. The summed E-state index contributed by atoms with van der Waals surface area (Å²) in [6.07, 6.45) is 9.62. The van der Waals surface area contributed by atoms with Gasteiger partial charge in [0.1, 0.15) is 11.9 Å². The van der Waals surface area contributed by atoms with Crippen LogP contribution in [0.5, 0.6) is 11.6 Å². The van der Waals surface area contributed by atoms with Gasteiger partial charge in [0.15, 0.2) is 0 Å². The normalized spacial score (nSPS) is 20.8. The van der Waals surface area contributed by atoms with Crippen LogP contribution in [0.2, 0.25) is 0 Å². The first kappa shape index (κ1) is 19.5. The molecular weight excluding hydrogens is 354 g/mol. The molecule has 0 spiro atoms. The number of phenolic OH excluding ortho intramolecular Hbond substituents is 1. The molecule has 2 heterocycles. The van der Waals surface area contributed by atoms with E-state index in [4.69, 9.17) is 19.6 Å². The van der Waals surface area contributed by atoms with E-state index in [0.717, 1.165) is 57.3 Å². The van der Waals surface area contributed by atoms with E-state index in [0.29, 0.717) is 11.8 Å². The Labute approximate surface area is 166 Å². The monoisotopic (exact) mass is 385 g/mol. The molecule has 1 aromatic carbocycles. The molecule has 1 aliphatic heterocycles. The third-order valence-corrected chi connectivity index (χ3v) is 6.47. The number of pyridine rings is 1. The number of hydrogen-bond acceptors (Lipinski definition) is 5. The Balaban J connectivity index is 0.000000932. The zero-order chi connectivity index (χ0) is 19.5. The summed E-state index contributed by atoms with van der Waals surface area (Å²) in [7, 11) is 1.00. The topological polar surface area (TPSA) is 71.8 Å². The van der Waals surface area contributed by atoms with Crippen LogP contribution in [0, 0.1) is 0 Å². The minimum atomic E-state index is 0.283. The number of aliphatic hydroxyl groups excluding tert-OH is 1. The fraction of sp³-hybridized carbons (Fsp3) is 0.609. The second-order valence-corrected chi connectivity index (χ2v) is 8.13. The molecule has 0 amide bonds. The van der Waals surface area contributed by atoms with Gasteiger partial charge >= 0.3 is 0 Å². The molecule has 152 valence electrons. The molecule has 2 N–H and O–H groups in total. The Kier molecular flexibility index (Phi) is 6.02. The Morgan fingerprint density at radius 3 is 2.25 bits per heavy atom. The van der Waals surface area contributed by atoms with Crippen molar-refractivity contribution in [1.82, 2.24) is 4.98 Å². The fourth-order valence-electron chi connectivity index (χ4n) is 4.46. The van der Waals surface area contributed by atoms with Crippen LogP contribution >= 0.6 is 0 Å². The number of rotatable bonds is 4. The first-order valence-corrected chi connectivity index (χ1v) is 10.7. The molecule has 28 heavy (non-hydrogen) atoms. The van der Waals surface area contributed by atoms with Crippen molar-refractivity contribution in [2.75, 3.05) is 20.3 Å². The van der Waals surface area contributed by atoms with Crippen LogP contribution in [0.25, 0.3) is 10.8 Å². The molecule has 3 aliphatic rings. The quantitative estimate of drug-likeness (QED) is 0.802. The van der Waals surface area contributed by atoms with Gasteiger partial charge in [-0.15, -0.1) is 0 Å². The van der Waals surface area contributed by atoms with Crippen LogP contribution in [-0.2, 0) is 4.74 Å². The van der Waals surface area contributed by atoms with Gasteiger partial charge in [-0.3, -0.25) is 0 Å². The minimum absolute atomic E-state index is 0.283. The van der Waals surface area contributed by atoms with E-state index < -0.39 is 0 Å². The van der Waals surface area contributed by atoms with Gasteiger partial charge in [-0.1, -0.05) is 12.5 Å². The number of hydrogen-bond donors (Lipinski definition) is 2. The molecule has 2 saturated carbocycles. The number of fused-ring (bicyclic) bond motifs is 1. The molecule has 2 aromatic rings. The predicted octanol–water partition coefficient (Wildman–Crippen LogP) is 4.64. The average molecular weight is 386 g/mol. The molecule has 3 fully saturated rings. The van der Waals surface area contributed by atoms with Crippen LogP contribution in [0.3, 0.4) is 0 Å². The predicted molar refractivity (Wildman–Crippen MR) is 109 cm³/mol. The van der Waals surface area contributed by atoms with Gasteiger partial charge in [0.05, 0.1) is 5.69 Å². The smallest absolute Gasteiger partial charge is 0.222 e. The lowest BCUT2D eigenvalue weighted by molar-refractivity contribution is 0.0832. The van der Waals surface area contributed by atoms with Crippen molar-refractivity contribution in [3.8, 4) is 11.6 Å². The maximum Gasteiger partial charge on any atom is 0.222 e. The van der Waals surface area contributed by atoms with Crippen molar-refractivity contribution >= 4 is 10.8 Å². The number of phenols is 1. The van der Waals surface area contributed by atoms with Gasteiger partial charge in [0.25, 0.3) is 0 Å². The lowest BCUT2D eigenvalue weighted by Gasteiger charge is -2.34. The maximum absolute atomic E-state index is 10.1. The van der Waals surface area contributed by atoms with Gasteiger partial charge in [0, 0.05) is 31.6 Å². The molecule has 0 atom stereocenters. The molecule has 1 saturated heterocycles. The molecule has 5 rings (SSSR count). The summed E-state index contributed by atoms with van der Waals surface area (Å²) in [5.41, 5.74) is 2.66. The molecular formula is C23H31NO4. The van der Waals surface area contributed by atoms with Crippen LogP contribution in [0.1, 0.15) is 74.5 Å². The molecule has 0 bridgehead atoms. The summed E-state index contributed by atoms with van der Waals surface area (Å²) in [4.78, 5) is 5.10. The first-order chi connectivity index (χ1) is 13.8. The highest BCUT2D eigenvalue weighted by Gasteiger charge is 2.31. The number of nitrogens with zero attached hydrogens (tertiary/aromatic N) is 1. The largest absolute Gasteiger partial charge is 0.508 e. The fourth-order valence-corrected chi connectivity index (χ4v) is 4.46. The zero-order valence-electron chi connectivity index (χ0n) is 16.7. The maximum atomic E-state index is 10.1. The van der Waals surface area contributed by atoms with Gasteiger partial charge < -0.3 is 19.7 Å². The summed E-state index contributed by atoms with van der Waals surface area (Å²) in [5, 5.41) is 19.3. The Morgan fingerprint density at radius 1 is 0.929 bits per heavy atom. The van der Waals surface area contributed by atoms with Crippen molar-refractivity contribution in [3.05, 3.63) is 29.5 Å². The van der Waals surface area contributed by atoms with Crippen LogP contribution in [0.15, 0.2) is 18.2 Å². The highest BCUT2D eigenvalue weighted by Crippen LogP contribution is 2.47. The van der Waals surface area contributed by atoms with E-state index in [2.05, 4.69) is 6.07 Å².